The molecule has 3 nitrogen and oxygen atoms in total. The van der Waals surface area contributed by atoms with Crippen LogP contribution in [0.2, 0.25) is 0 Å². The molecule has 2 N–H and O–H groups in total. The van der Waals surface area contributed by atoms with Crippen LogP contribution in [0.25, 0.3) is 10.9 Å². The third kappa shape index (κ3) is 4.20. The first-order valence-electron chi connectivity index (χ1n) is 8.18. The van der Waals surface area contributed by atoms with Crippen molar-refractivity contribution in [3.63, 3.8) is 0 Å². The van der Waals surface area contributed by atoms with Crippen molar-refractivity contribution in [2.24, 2.45) is 11.1 Å². The molecular weight excluding hydrogens is 272 g/mol. The zero-order chi connectivity index (χ0) is 16.2. The van der Waals surface area contributed by atoms with Crippen LogP contribution >= 0.6 is 0 Å². The minimum absolute atomic E-state index is 0.0831. The van der Waals surface area contributed by atoms with Crippen molar-refractivity contribution >= 4 is 10.9 Å². The van der Waals surface area contributed by atoms with Crippen molar-refractivity contribution in [3.8, 4) is 5.75 Å². The van der Waals surface area contributed by atoms with Crippen LogP contribution in [0.1, 0.15) is 44.9 Å². The second-order valence-corrected chi connectivity index (χ2v) is 6.85. The van der Waals surface area contributed by atoms with Gasteiger partial charge in [-0.3, -0.25) is 4.98 Å². The lowest BCUT2D eigenvalue weighted by atomic mass is 9.84. The van der Waals surface area contributed by atoms with Crippen LogP contribution in [0.15, 0.2) is 24.3 Å². The Bertz CT molecular complexity index is 635. The number of aryl methyl sites for hydroxylation is 1. The fraction of sp³-hybridized carbons (Fsp3) is 0.526. The summed E-state index contributed by atoms with van der Waals surface area (Å²) in [5, 5.41) is 1.18. The van der Waals surface area contributed by atoms with Crippen LogP contribution in [0.5, 0.6) is 5.75 Å². The highest BCUT2D eigenvalue weighted by Gasteiger charge is 2.18. The van der Waals surface area contributed by atoms with Gasteiger partial charge >= 0.3 is 0 Å². The van der Waals surface area contributed by atoms with Crippen molar-refractivity contribution < 1.29 is 4.74 Å². The van der Waals surface area contributed by atoms with Gasteiger partial charge < -0.3 is 10.5 Å². The molecule has 0 saturated carbocycles. The molecule has 3 heteroatoms. The zero-order valence-corrected chi connectivity index (χ0v) is 14.3. The Morgan fingerprint density at radius 3 is 2.68 bits per heavy atom. The number of hydrogen-bond acceptors (Lipinski definition) is 3. The monoisotopic (exact) mass is 300 g/mol. The number of pyridine rings is 1. The van der Waals surface area contributed by atoms with Gasteiger partial charge in [0.1, 0.15) is 5.75 Å². The Kier molecular flexibility index (Phi) is 5.41. The van der Waals surface area contributed by atoms with Gasteiger partial charge in [-0.05, 0) is 61.6 Å². The number of nitrogens with zero attached hydrogens (tertiary/aromatic N) is 1. The van der Waals surface area contributed by atoms with E-state index in [1.807, 2.05) is 13.0 Å². The highest BCUT2D eigenvalue weighted by molar-refractivity contribution is 5.84. The summed E-state index contributed by atoms with van der Waals surface area (Å²) in [6, 6.07) is 8.37. The number of rotatable bonds is 7. The SMILES string of the molecule is CCCCOc1ccc2nc(C)cc(CC(C)(C)CN)c2c1. The molecule has 0 aliphatic carbocycles. The van der Waals surface area contributed by atoms with Gasteiger partial charge in [0.25, 0.3) is 0 Å². The molecule has 1 aromatic carbocycles. The smallest absolute Gasteiger partial charge is 0.120 e. The molecule has 0 aliphatic rings. The van der Waals surface area contributed by atoms with Crippen molar-refractivity contribution in [2.45, 2.75) is 47.0 Å². The Morgan fingerprint density at radius 2 is 2.00 bits per heavy atom. The van der Waals surface area contributed by atoms with Crippen LogP contribution < -0.4 is 10.5 Å². The molecule has 2 aromatic rings. The summed E-state index contributed by atoms with van der Waals surface area (Å²) in [7, 11) is 0. The molecule has 0 unspecified atom stereocenters. The predicted octanol–water partition coefficient (Wildman–Crippen LogP) is 4.25. The summed E-state index contributed by atoms with van der Waals surface area (Å²) < 4.78 is 5.84. The second-order valence-electron chi connectivity index (χ2n) is 6.85. The molecule has 0 atom stereocenters. The molecule has 22 heavy (non-hydrogen) atoms. The Labute approximate surface area is 133 Å². The van der Waals surface area contributed by atoms with Crippen molar-refractivity contribution in [2.75, 3.05) is 13.2 Å². The largest absolute Gasteiger partial charge is 0.494 e. The minimum atomic E-state index is 0.0831. The number of benzene rings is 1. The summed E-state index contributed by atoms with van der Waals surface area (Å²) in [6.07, 6.45) is 3.17. The van der Waals surface area contributed by atoms with E-state index in [2.05, 4.69) is 44.0 Å². The lowest BCUT2D eigenvalue weighted by Gasteiger charge is -2.23. The molecule has 0 spiro atoms. The molecular formula is C19H28N2O. The van der Waals surface area contributed by atoms with Gasteiger partial charge in [-0.2, -0.15) is 0 Å². The number of hydrogen-bond donors (Lipinski definition) is 1. The third-order valence-electron chi connectivity index (χ3n) is 3.98. The number of aromatic nitrogens is 1. The number of unbranched alkanes of at least 4 members (excludes halogenated alkanes) is 1. The van der Waals surface area contributed by atoms with Crippen molar-refractivity contribution in [1.29, 1.82) is 0 Å². The average Bonchev–Trinajstić information content (AvgIpc) is 2.47. The number of fused-ring (bicyclic) bond motifs is 1. The van der Waals surface area contributed by atoms with E-state index in [0.29, 0.717) is 6.54 Å². The Hall–Kier alpha value is -1.61. The van der Waals surface area contributed by atoms with E-state index in [9.17, 15) is 0 Å². The lowest BCUT2D eigenvalue weighted by molar-refractivity contribution is 0.309. The van der Waals surface area contributed by atoms with Crippen LogP contribution in [0.4, 0.5) is 0 Å². The van der Waals surface area contributed by atoms with E-state index >= 15 is 0 Å². The van der Waals surface area contributed by atoms with Gasteiger partial charge in [0.15, 0.2) is 0 Å². The molecule has 0 saturated heterocycles. The Morgan fingerprint density at radius 1 is 1.23 bits per heavy atom. The second kappa shape index (κ2) is 7.10. The third-order valence-corrected chi connectivity index (χ3v) is 3.98. The van der Waals surface area contributed by atoms with Gasteiger partial charge in [0.2, 0.25) is 0 Å². The molecule has 0 bridgehead atoms. The highest BCUT2D eigenvalue weighted by atomic mass is 16.5. The Balaban J connectivity index is 2.38. The van der Waals surface area contributed by atoms with Crippen LogP contribution in [0, 0.1) is 12.3 Å². The van der Waals surface area contributed by atoms with E-state index in [-0.39, 0.29) is 5.41 Å². The molecule has 2 rings (SSSR count). The van der Waals surface area contributed by atoms with Gasteiger partial charge in [0, 0.05) is 11.1 Å². The summed E-state index contributed by atoms with van der Waals surface area (Å²) in [4.78, 5) is 4.64. The van der Waals surface area contributed by atoms with E-state index in [0.717, 1.165) is 42.8 Å². The summed E-state index contributed by atoms with van der Waals surface area (Å²) in [5.41, 5.74) is 9.38. The highest BCUT2D eigenvalue weighted by Crippen LogP contribution is 2.29. The number of nitrogens with two attached hydrogens (primary N) is 1. The van der Waals surface area contributed by atoms with Crippen molar-refractivity contribution in [3.05, 3.63) is 35.5 Å². The van der Waals surface area contributed by atoms with Crippen molar-refractivity contribution in [1.82, 2.24) is 4.98 Å². The molecule has 0 fully saturated rings. The zero-order valence-electron chi connectivity index (χ0n) is 14.3. The molecule has 0 aliphatic heterocycles. The maximum absolute atomic E-state index is 5.91. The summed E-state index contributed by atoms with van der Waals surface area (Å²) in [6.45, 7) is 10.1. The van der Waals surface area contributed by atoms with E-state index < -0.39 is 0 Å². The minimum Gasteiger partial charge on any atom is -0.494 e. The molecule has 120 valence electrons. The number of ether oxygens (including phenoxy) is 1. The van der Waals surface area contributed by atoms with E-state index in [1.165, 1.54) is 10.9 Å². The maximum Gasteiger partial charge on any atom is 0.120 e. The summed E-state index contributed by atoms with van der Waals surface area (Å²) >= 11 is 0. The summed E-state index contributed by atoms with van der Waals surface area (Å²) in [5.74, 6) is 0.929. The van der Waals surface area contributed by atoms with Gasteiger partial charge in [0.05, 0.1) is 12.1 Å². The van der Waals surface area contributed by atoms with E-state index in [1.54, 1.807) is 0 Å². The average molecular weight is 300 g/mol. The standard InChI is InChI=1S/C19H28N2O/c1-5-6-9-22-16-7-8-18-17(11-16)15(10-14(2)21-18)12-19(3,4)13-20/h7-8,10-11H,5-6,9,12-13,20H2,1-4H3. The molecule has 0 radical (unpaired) electrons. The lowest BCUT2D eigenvalue weighted by Crippen LogP contribution is -2.26. The first kappa shape index (κ1) is 16.8. The van der Waals surface area contributed by atoms with Gasteiger partial charge in [-0.15, -0.1) is 0 Å². The maximum atomic E-state index is 5.91. The quantitative estimate of drug-likeness (QED) is 0.778. The first-order valence-corrected chi connectivity index (χ1v) is 8.18. The normalized spacial score (nSPS) is 11.9. The molecule has 0 amide bonds. The molecule has 1 heterocycles. The fourth-order valence-corrected chi connectivity index (χ4v) is 2.58. The molecule has 1 aromatic heterocycles. The van der Waals surface area contributed by atoms with Gasteiger partial charge in [-0.1, -0.05) is 27.2 Å². The topological polar surface area (TPSA) is 48.1 Å². The van der Waals surface area contributed by atoms with Crippen LogP contribution in [-0.2, 0) is 6.42 Å². The van der Waals surface area contributed by atoms with Gasteiger partial charge in [-0.25, -0.2) is 0 Å². The first-order chi connectivity index (χ1) is 10.4. The van der Waals surface area contributed by atoms with Crippen LogP contribution in [0.3, 0.4) is 0 Å². The predicted molar refractivity (Wildman–Crippen MR) is 93.4 cm³/mol. The van der Waals surface area contributed by atoms with E-state index in [4.69, 9.17) is 10.5 Å². The fourth-order valence-electron chi connectivity index (χ4n) is 2.58. The van der Waals surface area contributed by atoms with Crippen LogP contribution in [-0.4, -0.2) is 18.1 Å².